The van der Waals surface area contributed by atoms with Crippen LogP contribution in [0.1, 0.15) is 36.6 Å². The number of nitrogens with zero attached hydrogens (tertiary/aromatic N) is 2. The minimum Gasteiger partial charge on any atom is -0.384 e. The number of allylic oxidation sites excluding steroid dienone is 1. The quantitative estimate of drug-likeness (QED) is 0.789. The van der Waals surface area contributed by atoms with Gasteiger partial charge in [0.25, 0.3) is 0 Å². The van der Waals surface area contributed by atoms with E-state index >= 15 is 0 Å². The van der Waals surface area contributed by atoms with Crippen molar-refractivity contribution in [2.24, 2.45) is 13.0 Å². The predicted molar refractivity (Wildman–Crippen MR) is 107 cm³/mol. The summed E-state index contributed by atoms with van der Waals surface area (Å²) in [4.78, 5) is 2.63. The lowest BCUT2D eigenvalue weighted by atomic mass is 9.92. The molecule has 3 rings (SSSR count). The molecule has 5 heteroatoms. The third-order valence-electron chi connectivity index (χ3n) is 4.95. The second-order valence-electron chi connectivity index (χ2n) is 7.24. The number of piperidine rings is 1. The Morgan fingerprint density at radius 3 is 3.00 bits per heavy atom. The van der Waals surface area contributed by atoms with Gasteiger partial charge in [0, 0.05) is 36.6 Å². The van der Waals surface area contributed by atoms with Gasteiger partial charge in [-0.2, -0.15) is 5.10 Å². The van der Waals surface area contributed by atoms with Gasteiger partial charge in [-0.3, -0.25) is 4.68 Å². The van der Waals surface area contributed by atoms with Gasteiger partial charge >= 0.3 is 0 Å². The fourth-order valence-electron chi connectivity index (χ4n) is 3.82. The Morgan fingerprint density at radius 2 is 2.28 bits per heavy atom. The summed E-state index contributed by atoms with van der Waals surface area (Å²) < 4.78 is 1.96. The topological polar surface area (TPSA) is 41.9 Å². The minimum atomic E-state index is 0.511. The summed E-state index contributed by atoms with van der Waals surface area (Å²) in [5.41, 5.74) is 3.57. The monoisotopic (exact) mass is 358 g/mol. The summed E-state index contributed by atoms with van der Waals surface area (Å²) in [5.74, 6) is 0.796. The number of hydrogen-bond donors (Lipinski definition) is 2. The summed E-state index contributed by atoms with van der Waals surface area (Å²) in [7, 11) is 2.00. The molecule has 0 aliphatic carbocycles. The molecule has 1 aliphatic rings. The summed E-state index contributed by atoms with van der Waals surface area (Å²) >= 11 is 1.84. The van der Waals surface area contributed by atoms with E-state index in [-0.39, 0.29) is 0 Å². The van der Waals surface area contributed by atoms with Crippen molar-refractivity contribution < 1.29 is 0 Å². The number of aromatic nitrogens is 2. The van der Waals surface area contributed by atoms with E-state index in [0.717, 1.165) is 31.1 Å². The Kier molecular flexibility index (Phi) is 5.97. The van der Waals surface area contributed by atoms with E-state index in [1.165, 1.54) is 40.3 Å². The molecule has 25 heavy (non-hydrogen) atoms. The van der Waals surface area contributed by atoms with Crippen LogP contribution in [0, 0.1) is 12.8 Å². The third-order valence-corrected chi connectivity index (χ3v) is 6.04. The molecule has 0 aromatic carbocycles. The largest absolute Gasteiger partial charge is 0.384 e. The van der Waals surface area contributed by atoms with Crippen LogP contribution in [0.3, 0.4) is 0 Å². The second-order valence-corrected chi connectivity index (χ2v) is 8.40. The van der Waals surface area contributed by atoms with Crippen molar-refractivity contribution in [3.05, 3.63) is 41.0 Å². The van der Waals surface area contributed by atoms with Gasteiger partial charge in [0.05, 0.1) is 16.8 Å². The summed E-state index contributed by atoms with van der Waals surface area (Å²) in [6, 6.07) is 4.94. The fourth-order valence-corrected chi connectivity index (χ4v) is 5.01. The van der Waals surface area contributed by atoms with E-state index in [2.05, 4.69) is 48.3 Å². The average Bonchev–Trinajstić information content (AvgIpc) is 3.14. The highest BCUT2D eigenvalue weighted by atomic mass is 32.1. The van der Waals surface area contributed by atoms with Crippen molar-refractivity contribution in [2.45, 2.75) is 45.6 Å². The summed E-state index contributed by atoms with van der Waals surface area (Å²) in [5, 5.41) is 11.6. The van der Waals surface area contributed by atoms with Crippen LogP contribution >= 0.6 is 11.3 Å². The second kappa shape index (κ2) is 8.19. The molecule has 2 atom stereocenters. The molecule has 1 fully saturated rings. The summed E-state index contributed by atoms with van der Waals surface area (Å²) in [6.45, 7) is 10.9. The Morgan fingerprint density at radius 1 is 1.44 bits per heavy atom. The average molecular weight is 359 g/mol. The zero-order chi connectivity index (χ0) is 17.8. The highest BCUT2D eigenvalue weighted by Gasteiger charge is 2.21. The standard InChI is InChI=1S/C20H30N4S/c1-5-6-16-10-17(13-21-12-16)23-15(3)9-18-7-8-19(25-18)20-14(2)11-22-24(20)4/h7-8,11,16-17,21,23H,3,5-6,9-10,12-13H2,1-2,4H3. The SMILES string of the molecule is C=C(Cc1ccc(-c2c(C)cnn2C)s1)NC1CNCC(CCC)C1. The van der Waals surface area contributed by atoms with Gasteiger partial charge in [-0.1, -0.05) is 19.9 Å². The van der Waals surface area contributed by atoms with Crippen LogP contribution in [-0.4, -0.2) is 28.9 Å². The van der Waals surface area contributed by atoms with E-state index in [0.29, 0.717) is 6.04 Å². The number of rotatable bonds is 7. The zero-order valence-corrected chi connectivity index (χ0v) is 16.5. The maximum atomic E-state index is 4.35. The molecule has 1 saturated heterocycles. The van der Waals surface area contributed by atoms with Crippen LogP contribution in [-0.2, 0) is 13.5 Å². The molecular weight excluding hydrogens is 328 g/mol. The molecule has 0 saturated carbocycles. The molecule has 4 nitrogen and oxygen atoms in total. The van der Waals surface area contributed by atoms with Crippen molar-refractivity contribution in [2.75, 3.05) is 13.1 Å². The molecule has 2 aromatic rings. The molecule has 0 amide bonds. The van der Waals surface area contributed by atoms with Crippen molar-refractivity contribution >= 4 is 11.3 Å². The highest BCUT2D eigenvalue weighted by molar-refractivity contribution is 7.15. The maximum absolute atomic E-state index is 4.35. The lowest BCUT2D eigenvalue weighted by Gasteiger charge is -2.31. The Bertz CT molecular complexity index is 694. The first kappa shape index (κ1) is 18.2. The van der Waals surface area contributed by atoms with E-state index in [1.807, 2.05) is 29.3 Å². The Hall–Kier alpha value is -1.59. The van der Waals surface area contributed by atoms with Crippen molar-refractivity contribution in [1.29, 1.82) is 0 Å². The number of aryl methyl sites for hydroxylation is 2. The zero-order valence-electron chi connectivity index (χ0n) is 15.6. The van der Waals surface area contributed by atoms with E-state index in [9.17, 15) is 0 Å². The van der Waals surface area contributed by atoms with Gasteiger partial charge in [0.15, 0.2) is 0 Å². The van der Waals surface area contributed by atoms with Crippen molar-refractivity contribution in [1.82, 2.24) is 20.4 Å². The first-order chi connectivity index (χ1) is 12.1. The molecule has 3 heterocycles. The molecule has 2 N–H and O–H groups in total. The van der Waals surface area contributed by atoms with Gasteiger partial charge in [-0.25, -0.2) is 0 Å². The van der Waals surface area contributed by atoms with E-state index in [4.69, 9.17) is 0 Å². The normalized spacial score (nSPS) is 20.6. The molecule has 1 aliphatic heterocycles. The predicted octanol–water partition coefficient (Wildman–Crippen LogP) is 3.88. The molecule has 0 radical (unpaired) electrons. The van der Waals surface area contributed by atoms with E-state index in [1.54, 1.807) is 0 Å². The third kappa shape index (κ3) is 4.53. The molecule has 0 bridgehead atoms. The molecule has 0 spiro atoms. The van der Waals surface area contributed by atoms with Gasteiger partial charge in [-0.15, -0.1) is 11.3 Å². The van der Waals surface area contributed by atoms with Crippen molar-refractivity contribution in [3.8, 4) is 10.6 Å². The Labute approximate surface area is 155 Å². The first-order valence-corrected chi connectivity index (χ1v) is 10.1. The van der Waals surface area contributed by atoms with Gasteiger partial charge in [0.2, 0.25) is 0 Å². The van der Waals surface area contributed by atoms with Crippen LogP contribution < -0.4 is 10.6 Å². The Balaban J connectivity index is 1.57. The van der Waals surface area contributed by atoms with Crippen molar-refractivity contribution in [3.63, 3.8) is 0 Å². The molecular formula is C20H30N4S. The first-order valence-electron chi connectivity index (χ1n) is 9.29. The van der Waals surface area contributed by atoms with Crippen LogP contribution in [0.5, 0.6) is 0 Å². The maximum Gasteiger partial charge on any atom is 0.0807 e. The lowest BCUT2D eigenvalue weighted by molar-refractivity contribution is 0.300. The fraction of sp³-hybridized carbons (Fsp3) is 0.550. The number of nitrogens with one attached hydrogen (secondary N) is 2. The smallest absolute Gasteiger partial charge is 0.0807 e. The van der Waals surface area contributed by atoms with Crippen LogP contribution in [0.15, 0.2) is 30.6 Å². The molecule has 2 aromatic heterocycles. The van der Waals surface area contributed by atoms with E-state index < -0.39 is 0 Å². The molecule has 2 unspecified atom stereocenters. The minimum absolute atomic E-state index is 0.511. The summed E-state index contributed by atoms with van der Waals surface area (Å²) in [6.07, 6.45) is 6.67. The van der Waals surface area contributed by atoms with Crippen LogP contribution in [0.2, 0.25) is 0 Å². The van der Waals surface area contributed by atoms with Crippen LogP contribution in [0.25, 0.3) is 10.6 Å². The highest BCUT2D eigenvalue weighted by Crippen LogP contribution is 2.31. The molecule has 136 valence electrons. The van der Waals surface area contributed by atoms with Gasteiger partial charge < -0.3 is 10.6 Å². The van der Waals surface area contributed by atoms with Crippen LogP contribution in [0.4, 0.5) is 0 Å². The lowest BCUT2D eigenvalue weighted by Crippen LogP contribution is -2.46. The number of hydrogen-bond acceptors (Lipinski definition) is 4. The van der Waals surface area contributed by atoms with Gasteiger partial charge in [0.1, 0.15) is 0 Å². The van der Waals surface area contributed by atoms with Gasteiger partial charge in [-0.05, 0) is 49.9 Å². The number of thiophene rings is 1.